The molecule has 0 fully saturated rings. The fourth-order valence-electron chi connectivity index (χ4n) is 1.67. The Morgan fingerprint density at radius 1 is 1.12 bits per heavy atom. The molecule has 17 heavy (non-hydrogen) atoms. The monoisotopic (exact) mass is 231 g/mol. The van der Waals surface area contributed by atoms with Crippen molar-refractivity contribution in [3.8, 4) is 0 Å². The van der Waals surface area contributed by atoms with Crippen LogP contribution in [0.25, 0.3) is 0 Å². The standard InChI is InChI=1S/C13H17N3O/c1-9-4-5-11(6-10(9)2)7-12-15-16-13(17-12)8-14-3/h4-6,14H,7-8H2,1-3H3. The Morgan fingerprint density at radius 3 is 2.59 bits per heavy atom. The molecular weight excluding hydrogens is 214 g/mol. The number of hydrogen-bond acceptors (Lipinski definition) is 4. The molecule has 4 nitrogen and oxygen atoms in total. The van der Waals surface area contributed by atoms with Gasteiger partial charge in [0.15, 0.2) is 0 Å². The van der Waals surface area contributed by atoms with Gasteiger partial charge in [0.1, 0.15) is 0 Å². The number of hydrogen-bond donors (Lipinski definition) is 1. The minimum atomic E-state index is 0.611. The first-order chi connectivity index (χ1) is 8.19. The van der Waals surface area contributed by atoms with Crippen molar-refractivity contribution in [3.05, 3.63) is 46.7 Å². The minimum Gasteiger partial charge on any atom is -0.424 e. The molecule has 0 aliphatic carbocycles. The first-order valence-electron chi connectivity index (χ1n) is 5.71. The van der Waals surface area contributed by atoms with E-state index in [0.717, 1.165) is 0 Å². The molecule has 0 unspecified atom stereocenters. The molecule has 0 saturated carbocycles. The van der Waals surface area contributed by atoms with Crippen LogP contribution in [0, 0.1) is 13.8 Å². The number of benzene rings is 1. The van der Waals surface area contributed by atoms with Crippen molar-refractivity contribution in [1.29, 1.82) is 0 Å². The van der Waals surface area contributed by atoms with Crippen LogP contribution in [0.3, 0.4) is 0 Å². The van der Waals surface area contributed by atoms with Crippen LogP contribution < -0.4 is 5.32 Å². The van der Waals surface area contributed by atoms with E-state index < -0.39 is 0 Å². The number of aromatic nitrogens is 2. The van der Waals surface area contributed by atoms with Crippen LogP contribution in [-0.2, 0) is 13.0 Å². The molecule has 2 rings (SSSR count). The van der Waals surface area contributed by atoms with Crippen molar-refractivity contribution in [1.82, 2.24) is 15.5 Å². The van der Waals surface area contributed by atoms with E-state index in [1.54, 1.807) is 0 Å². The van der Waals surface area contributed by atoms with E-state index in [0.29, 0.717) is 24.7 Å². The van der Waals surface area contributed by atoms with Crippen molar-refractivity contribution in [3.63, 3.8) is 0 Å². The maximum absolute atomic E-state index is 5.51. The van der Waals surface area contributed by atoms with Gasteiger partial charge in [-0.1, -0.05) is 18.2 Å². The molecule has 0 spiro atoms. The zero-order valence-electron chi connectivity index (χ0n) is 10.4. The van der Waals surface area contributed by atoms with Gasteiger partial charge in [0.2, 0.25) is 11.8 Å². The van der Waals surface area contributed by atoms with Crippen molar-refractivity contribution in [2.45, 2.75) is 26.8 Å². The van der Waals surface area contributed by atoms with Gasteiger partial charge in [-0.05, 0) is 37.6 Å². The lowest BCUT2D eigenvalue weighted by molar-refractivity contribution is 0.447. The lowest BCUT2D eigenvalue weighted by Crippen LogP contribution is -2.04. The van der Waals surface area contributed by atoms with E-state index >= 15 is 0 Å². The molecule has 1 aromatic carbocycles. The highest BCUT2D eigenvalue weighted by Crippen LogP contribution is 2.13. The minimum absolute atomic E-state index is 0.611. The Hall–Kier alpha value is -1.68. The average Bonchev–Trinajstić information content (AvgIpc) is 2.72. The molecule has 1 heterocycles. The van der Waals surface area contributed by atoms with Gasteiger partial charge >= 0.3 is 0 Å². The third-order valence-electron chi connectivity index (χ3n) is 2.76. The van der Waals surface area contributed by atoms with E-state index in [2.05, 4.69) is 47.6 Å². The summed E-state index contributed by atoms with van der Waals surface area (Å²) >= 11 is 0. The molecule has 0 atom stereocenters. The topological polar surface area (TPSA) is 51.0 Å². The molecule has 0 aliphatic rings. The van der Waals surface area contributed by atoms with Gasteiger partial charge in [-0.15, -0.1) is 10.2 Å². The highest BCUT2D eigenvalue weighted by Gasteiger charge is 2.06. The van der Waals surface area contributed by atoms with E-state index in [4.69, 9.17) is 4.42 Å². The summed E-state index contributed by atoms with van der Waals surface area (Å²) in [4.78, 5) is 0. The predicted octanol–water partition coefficient (Wildman–Crippen LogP) is 2.00. The van der Waals surface area contributed by atoms with Gasteiger partial charge in [-0.2, -0.15) is 0 Å². The molecule has 0 saturated heterocycles. The molecule has 90 valence electrons. The van der Waals surface area contributed by atoms with Crippen LogP contribution in [0.15, 0.2) is 22.6 Å². The third-order valence-corrected chi connectivity index (χ3v) is 2.76. The number of rotatable bonds is 4. The largest absolute Gasteiger partial charge is 0.424 e. The summed E-state index contributed by atoms with van der Waals surface area (Å²) in [6.45, 7) is 4.83. The van der Waals surface area contributed by atoms with Gasteiger partial charge in [-0.25, -0.2) is 0 Å². The summed E-state index contributed by atoms with van der Waals surface area (Å²) < 4.78 is 5.51. The second-order valence-electron chi connectivity index (χ2n) is 4.22. The van der Waals surface area contributed by atoms with Crippen molar-refractivity contribution < 1.29 is 4.42 Å². The maximum Gasteiger partial charge on any atom is 0.230 e. The average molecular weight is 231 g/mol. The third kappa shape index (κ3) is 2.91. The Kier molecular flexibility index (Phi) is 3.54. The van der Waals surface area contributed by atoms with Crippen LogP contribution >= 0.6 is 0 Å². The molecule has 1 aromatic heterocycles. The highest BCUT2D eigenvalue weighted by atomic mass is 16.4. The zero-order valence-corrected chi connectivity index (χ0v) is 10.4. The second kappa shape index (κ2) is 5.10. The molecule has 0 bridgehead atoms. The van der Waals surface area contributed by atoms with Crippen LogP contribution in [-0.4, -0.2) is 17.2 Å². The van der Waals surface area contributed by atoms with Gasteiger partial charge < -0.3 is 9.73 Å². The Balaban J connectivity index is 2.11. The quantitative estimate of drug-likeness (QED) is 0.874. The Morgan fingerprint density at radius 2 is 1.88 bits per heavy atom. The fraction of sp³-hybridized carbons (Fsp3) is 0.385. The molecule has 0 aliphatic heterocycles. The van der Waals surface area contributed by atoms with Crippen molar-refractivity contribution in [2.75, 3.05) is 7.05 Å². The van der Waals surface area contributed by atoms with Crippen LogP contribution in [0.4, 0.5) is 0 Å². The Bertz CT molecular complexity index is 505. The second-order valence-corrected chi connectivity index (χ2v) is 4.22. The van der Waals surface area contributed by atoms with E-state index in [1.165, 1.54) is 16.7 Å². The van der Waals surface area contributed by atoms with Gasteiger partial charge in [0.05, 0.1) is 13.0 Å². The first kappa shape index (κ1) is 11.8. The van der Waals surface area contributed by atoms with Crippen molar-refractivity contribution >= 4 is 0 Å². The van der Waals surface area contributed by atoms with E-state index in [-0.39, 0.29) is 0 Å². The highest BCUT2D eigenvalue weighted by molar-refractivity contribution is 5.31. The van der Waals surface area contributed by atoms with E-state index in [1.807, 2.05) is 7.05 Å². The van der Waals surface area contributed by atoms with Gasteiger partial charge in [-0.3, -0.25) is 0 Å². The Labute approximate surface area is 101 Å². The maximum atomic E-state index is 5.51. The summed E-state index contributed by atoms with van der Waals surface area (Å²) in [5.74, 6) is 1.30. The summed E-state index contributed by atoms with van der Waals surface area (Å²) in [5, 5.41) is 11.0. The lowest BCUT2D eigenvalue weighted by atomic mass is 10.0. The smallest absolute Gasteiger partial charge is 0.230 e. The van der Waals surface area contributed by atoms with Gasteiger partial charge in [0, 0.05) is 0 Å². The lowest BCUT2D eigenvalue weighted by Gasteiger charge is -2.02. The molecule has 1 N–H and O–H groups in total. The summed E-state index contributed by atoms with van der Waals surface area (Å²) in [6, 6.07) is 6.39. The number of nitrogens with zero attached hydrogens (tertiary/aromatic N) is 2. The molecule has 0 radical (unpaired) electrons. The molecular formula is C13H17N3O. The summed E-state index contributed by atoms with van der Waals surface area (Å²) in [6.07, 6.45) is 0.692. The summed E-state index contributed by atoms with van der Waals surface area (Å²) in [5.41, 5.74) is 3.79. The first-order valence-corrected chi connectivity index (χ1v) is 5.71. The van der Waals surface area contributed by atoms with Crippen LogP contribution in [0.1, 0.15) is 28.5 Å². The number of nitrogens with one attached hydrogen (secondary N) is 1. The molecule has 2 aromatic rings. The molecule has 4 heteroatoms. The van der Waals surface area contributed by atoms with Crippen LogP contribution in [0.5, 0.6) is 0 Å². The summed E-state index contributed by atoms with van der Waals surface area (Å²) in [7, 11) is 1.85. The van der Waals surface area contributed by atoms with Gasteiger partial charge in [0.25, 0.3) is 0 Å². The fourth-order valence-corrected chi connectivity index (χ4v) is 1.67. The number of aryl methyl sites for hydroxylation is 2. The molecule has 0 amide bonds. The normalized spacial score (nSPS) is 10.8. The zero-order chi connectivity index (χ0) is 12.3. The SMILES string of the molecule is CNCc1nnc(Cc2ccc(C)c(C)c2)o1. The predicted molar refractivity (Wildman–Crippen MR) is 65.8 cm³/mol. The van der Waals surface area contributed by atoms with Crippen LogP contribution in [0.2, 0.25) is 0 Å². The van der Waals surface area contributed by atoms with Crippen molar-refractivity contribution in [2.24, 2.45) is 0 Å². The van der Waals surface area contributed by atoms with E-state index in [9.17, 15) is 0 Å².